The van der Waals surface area contributed by atoms with Crippen molar-refractivity contribution < 1.29 is 13.9 Å². The average Bonchev–Trinajstić information content (AvgIpc) is 3.19. The molecule has 0 spiro atoms. The van der Waals surface area contributed by atoms with Crippen LogP contribution >= 0.6 is 0 Å². The number of para-hydroxylation sites is 1. The Bertz CT molecular complexity index is 642. The number of furan rings is 1. The number of benzene rings is 1. The summed E-state index contributed by atoms with van der Waals surface area (Å²) in [5, 5.41) is 6.71. The van der Waals surface area contributed by atoms with Gasteiger partial charge in [0, 0.05) is 38.3 Å². The highest BCUT2D eigenvalue weighted by molar-refractivity contribution is 5.79. The van der Waals surface area contributed by atoms with Crippen LogP contribution in [0.3, 0.4) is 0 Å². The third kappa shape index (κ3) is 7.19. The standard InChI is InChI=1S/C20H29N3O3/c1-3-25-14-7-12-21-20(22-13-11-18-9-6-15-26-18)23-16-17-8-4-5-10-19(17)24-2/h4-6,8-10,15H,3,7,11-14,16H2,1-2H3,(H2,21,22,23). The molecule has 2 rings (SSSR count). The molecule has 142 valence electrons. The zero-order valence-corrected chi connectivity index (χ0v) is 15.7. The lowest BCUT2D eigenvalue weighted by Gasteiger charge is -2.13. The molecule has 1 heterocycles. The van der Waals surface area contributed by atoms with Crippen molar-refractivity contribution in [3.63, 3.8) is 0 Å². The first kappa shape index (κ1) is 19.8. The molecule has 6 nitrogen and oxygen atoms in total. The molecule has 0 aliphatic heterocycles. The van der Waals surface area contributed by atoms with Gasteiger partial charge in [0.25, 0.3) is 0 Å². The van der Waals surface area contributed by atoms with Crippen LogP contribution in [0.25, 0.3) is 0 Å². The van der Waals surface area contributed by atoms with E-state index in [0.29, 0.717) is 6.54 Å². The quantitative estimate of drug-likeness (QED) is 0.367. The minimum absolute atomic E-state index is 0.547. The summed E-state index contributed by atoms with van der Waals surface area (Å²) in [4.78, 5) is 4.68. The molecular formula is C20H29N3O3. The number of methoxy groups -OCH3 is 1. The van der Waals surface area contributed by atoms with Gasteiger partial charge in [-0.25, -0.2) is 4.99 Å². The zero-order chi connectivity index (χ0) is 18.5. The lowest BCUT2D eigenvalue weighted by atomic mass is 10.2. The minimum atomic E-state index is 0.547. The predicted octanol–water partition coefficient (Wildman–Crippen LogP) is 2.99. The van der Waals surface area contributed by atoms with Gasteiger partial charge in [0.2, 0.25) is 0 Å². The van der Waals surface area contributed by atoms with E-state index >= 15 is 0 Å². The molecule has 0 atom stereocenters. The molecule has 0 radical (unpaired) electrons. The fourth-order valence-electron chi connectivity index (χ4n) is 2.46. The highest BCUT2D eigenvalue weighted by Crippen LogP contribution is 2.17. The maximum atomic E-state index is 5.39. The number of hydrogen-bond donors (Lipinski definition) is 2. The van der Waals surface area contributed by atoms with Gasteiger partial charge in [0.05, 0.1) is 19.9 Å². The van der Waals surface area contributed by atoms with Crippen molar-refractivity contribution >= 4 is 5.96 Å². The Morgan fingerprint density at radius 2 is 1.96 bits per heavy atom. The largest absolute Gasteiger partial charge is 0.496 e. The van der Waals surface area contributed by atoms with Crippen molar-refractivity contribution in [1.82, 2.24) is 10.6 Å². The summed E-state index contributed by atoms with van der Waals surface area (Å²) >= 11 is 0. The number of nitrogens with zero attached hydrogens (tertiary/aromatic N) is 1. The van der Waals surface area contributed by atoms with Crippen molar-refractivity contribution in [2.45, 2.75) is 26.3 Å². The van der Waals surface area contributed by atoms with E-state index in [2.05, 4.69) is 15.6 Å². The first-order valence-electron chi connectivity index (χ1n) is 9.07. The first-order chi connectivity index (χ1) is 12.8. The lowest BCUT2D eigenvalue weighted by molar-refractivity contribution is 0.145. The third-order valence-electron chi connectivity index (χ3n) is 3.81. The van der Waals surface area contributed by atoms with Gasteiger partial charge < -0.3 is 24.5 Å². The summed E-state index contributed by atoms with van der Waals surface area (Å²) in [7, 11) is 1.68. The van der Waals surface area contributed by atoms with Crippen LogP contribution in [0.4, 0.5) is 0 Å². The summed E-state index contributed by atoms with van der Waals surface area (Å²) < 4.78 is 16.1. The number of rotatable bonds is 11. The number of guanidine groups is 1. The first-order valence-corrected chi connectivity index (χ1v) is 9.07. The molecule has 1 aromatic carbocycles. The molecule has 2 N–H and O–H groups in total. The molecule has 0 unspecified atom stereocenters. The molecule has 0 aliphatic carbocycles. The zero-order valence-electron chi connectivity index (χ0n) is 15.7. The second-order valence-corrected chi connectivity index (χ2v) is 5.71. The molecular weight excluding hydrogens is 330 g/mol. The van der Waals surface area contributed by atoms with E-state index in [0.717, 1.165) is 62.2 Å². The Labute approximate surface area is 155 Å². The second-order valence-electron chi connectivity index (χ2n) is 5.71. The molecule has 0 aliphatic rings. The smallest absolute Gasteiger partial charge is 0.191 e. The van der Waals surface area contributed by atoms with Crippen molar-refractivity contribution in [3.05, 3.63) is 54.0 Å². The van der Waals surface area contributed by atoms with Gasteiger partial charge in [-0.1, -0.05) is 18.2 Å². The SMILES string of the molecule is CCOCCCNC(=NCc1ccccc1OC)NCCc1ccco1. The molecule has 6 heteroatoms. The van der Waals surface area contributed by atoms with E-state index in [1.807, 2.05) is 43.3 Å². The molecule has 26 heavy (non-hydrogen) atoms. The Hall–Kier alpha value is -2.47. The van der Waals surface area contributed by atoms with Gasteiger partial charge in [-0.15, -0.1) is 0 Å². The third-order valence-corrected chi connectivity index (χ3v) is 3.81. The van der Waals surface area contributed by atoms with Gasteiger partial charge in [0.15, 0.2) is 5.96 Å². The van der Waals surface area contributed by atoms with Crippen LogP contribution in [0.1, 0.15) is 24.7 Å². The van der Waals surface area contributed by atoms with E-state index in [9.17, 15) is 0 Å². The molecule has 1 aromatic heterocycles. The maximum absolute atomic E-state index is 5.39. The highest BCUT2D eigenvalue weighted by Gasteiger charge is 2.03. The normalized spacial score (nSPS) is 11.4. The molecule has 2 aromatic rings. The van der Waals surface area contributed by atoms with E-state index in [4.69, 9.17) is 13.9 Å². The number of nitrogens with one attached hydrogen (secondary N) is 2. The van der Waals surface area contributed by atoms with E-state index in [-0.39, 0.29) is 0 Å². The predicted molar refractivity (Wildman–Crippen MR) is 104 cm³/mol. The summed E-state index contributed by atoms with van der Waals surface area (Å²) in [6.45, 7) is 5.59. The van der Waals surface area contributed by atoms with Crippen molar-refractivity contribution in [3.8, 4) is 5.75 Å². The van der Waals surface area contributed by atoms with Gasteiger partial charge in [-0.3, -0.25) is 0 Å². The molecule has 0 fully saturated rings. The summed E-state index contributed by atoms with van der Waals surface area (Å²) in [6.07, 6.45) is 3.43. The van der Waals surface area contributed by atoms with Gasteiger partial charge in [-0.2, -0.15) is 0 Å². The van der Waals surface area contributed by atoms with Crippen LogP contribution in [-0.4, -0.2) is 39.4 Å². The minimum Gasteiger partial charge on any atom is -0.496 e. The highest BCUT2D eigenvalue weighted by atomic mass is 16.5. The van der Waals surface area contributed by atoms with Crippen molar-refractivity contribution in [2.75, 3.05) is 33.4 Å². The van der Waals surface area contributed by atoms with Crippen LogP contribution < -0.4 is 15.4 Å². The summed E-state index contributed by atoms with van der Waals surface area (Å²) in [5.41, 5.74) is 1.05. The Morgan fingerprint density at radius 3 is 2.73 bits per heavy atom. The molecule has 0 saturated heterocycles. The number of ether oxygens (including phenoxy) is 2. The maximum Gasteiger partial charge on any atom is 0.191 e. The van der Waals surface area contributed by atoms with Gasteiger partial charge >= 0.3 is 0 Å². The average molecular weight is 359 g/mol. The lowest BCUT2D eigenvalue weighted by Crippen LogP contribution is -2.39. The summed E-state index contributed by atoms with van der Waals surface area (Å²) in [5.74, 6) is 2.58. The topological polar surface area (TPSA) is 68.0 Å². The monoisotopic (exact) mass is 359 g/mol. The molecule has 0 amide bonds. The Balaban J connectivity index is 1.89. The van der Waals surface area contributed by atoms with E-state index in [1.165, 1.54) is 0 Å². The van der Waals surface area contributed by atoms with E-state index < -0.39 is 0 Å². The van der Waals surface area contributed by atoms with Crippen LogP contribution in [-0.2, 0) is 17.7 Å². The van der Waals surface area contributed by atoms with Crippen LogP contribution in [0, 0.1) is 0 Å². The van der Waals surface area contributed by atoms with Crippen LogP contribution in [0.5, 0.6) is 5.75 Å². The van der Waals surface area contributed by atoms with Gasteiger partial charge in [-0.05, 0) is 31.5 Å². The van der Waals surface area contributed by atoms with Crippen LogP contribution in [0.2, 0.25) is 0 Å². The Kier molecular flexibility index (Phi) is 9.14. The van der Waals surface area contributed by atoms with E-state index in [1.54, 1.807) is 13.4 Å². The fraction of sp³-hybridized carbons (Fsp3) is 0.450. The molecule has 0 bridgehead atoms. The van der Waals surface area contributed by atoms with Crippen molar-refractivity contribution in [2.24, 2.45) is 4.99 Å². The number of hydrogen-bond acceptors (Lipinski definition) is 4. The van der Waals surface area contributed by atoms with Crippen molar-refractivity contribution in [1.29, 1.82) is 0 Å². The Morgan fingerprint density at radius 1 is 1.12 bits per heavy atom. The number of aliphatic imine (C=N–C) groups is 1. The fourth-order valence-corrected chi connectivity index (χ4v) is 2.46. The summed E-state index contributed by atoms with van der Waals surface area (Å²) in [6, 6.07) is 11.8. The van der Waals surface area contributed by atoms with Crippen LogP contribution in [0.15, 0.2) is 52.1 Å². The molecule has 0 saturated carbocycles. The second kappa shape index (κ2) is 12.0. The van der Waals surface area contributed by atoms with Gasteiger partial charge in [0.1, 0.15) is 11.5 Å².